The van der Waals surface area contributed by atoms with E-state index in [0.717, 1.165) is 15.9 Å². The van der Waals surface area contributed by atoms with Crippen LogP contribution in [0.25, 0.3) is 0 Å². The lowest BCUT2D eigenvalue weighted by Gasteiger charge is -2.11. The zero-order valence-corrected chi connectivity index (χ0v) is 13.9. The maximum Gasteiger partial charge on any atom is 0.0436 e. The molecule has 0 aliphatic carbocycles. The fraction of sp³-hybridized carbons (Fsp3) is 0.200. The molecular weight excluding hydrogens is 375 g/mol. The van der Waals surface area contributed by atoms with Crippen LogP contribution < -0.4 is 0 Å². The highest BCUT2D eigenvalue weighted by Crippen LogP contribution is 2.31. The number of rotatable bonds is 3. The van der Waals surface area contributed by atoms with Gasteiger partial charge in [0.05, 0.1) is 0 Å². The van der Waals surface area contributed by atoms with Crippen LogP contribution in [-0.4, -0.2) is 0 Å². The van der Waals surface area contributed by atoms with Gasteiger partial charge in [0, 0.05) is 14.3 Å². The molecule has 0 spiro atoms. The highest BCUT2D eigenvalue weighted by atomic mass is 79.9. The van der Waals surface area contributed by atoms with E-state index in [4.69, 9.17) is 11.6 Å². The van der Waals surface area contributed by atoms with Crippen LogP contribution >= 0.6 is 43.5 Å². The second kappa shape index (κ2) is 6.23. The number of hydrogen-bond acceptors (Lipinski definition) is 0. The molecule has 0 saturated carbocycles. The van der Waals surface area contributed by atoms with Crippen molar-refractivity contribution in [2.75, 3.05) is 0 Å². The Balaban J connectivity index is 2.16. The molecule has 94 valence electrons. The van der Waals surface area contributed by atoms with Gasteiger partial charge in [-0.05, 0) is 42.7 Å². The van der Waals surface area contributed by atoms with Crippen LogP contribution in [0, 0.1) is 6.92 Å². The van der Waals surface area contributed by atoms with E-state index in [1.807, 2.05) is 12.1 Å². The van der Waals surface area contributed by atoms with Crippen molar-refractivity contribution in [2.45, 2.75) is 18.2 Å². The summed E-state index contributed by atoms with van der Waals surface area (Å²) in [6.07, 6.45) is 0.951. The Labute approximate surface area is 130 Å². The third-order valence-corrected chi connectivity index (χ3v) is 4.31. The number of halogens is 3. The molecule has 18 heavy (non-hydrogen) atoms. The van der Waals surface area contributed by atoms with E-state index in [9.17, 15) is 0 Å². The molecule has 0 heterocycles. The van der Waals surface area contributed by atoms with Crippen molar-refractivity contribution in [2.24, 2.45) is 0 Å². The lowest BCUT2D eigenvalue weighted by molar-refractivity contribution is 0.947. The second-order valence-corrected chi connectivity index (χ2v) is 6.82. The van der Waals surface area contributed by atoms with Gasteiger partial charge in [0.25, 0.3) is 0 Å². The van der Waals surface area contributed by atoms with E-state index in [1.165, 1.54) is 16.7 Å². The number of hydrogen-bond donors (Lipinski definition) is 0. The van der Waals surface area contributed by atoms with Gasteiger partial charge in [-0.15, -0.1) is 0 Å². The fourth-order valence-electron chi connectivity index (χ4n) is 1.80. The van der Waals surface area contributed by atoms with Gasteiger partial charge >= 0.3 is 0 Å². The molecule has 0 N–H and O–H groups in total. The Morgan fingerprint density at radius 3 is 2.39 bits per heavy atom. The summed E-state index contributed by atoms with van der Waals surface area (Å²) in [4.78, 5) is 0.273. The van der Waals surface area contributed by atoms with Crippen molar-refractivity contribution in [3.8, 4) is 0 Å². The first-order valence-corrected chi connectivity index (χ1v) is 7.79. The molecular formula is C15H13Br2Cl. The Kier molecular flexibility index (Phi) is 4.88. The quantitative estimate of drug-likeness (QED) is 0.558. The predicted octanol–water partition coefficient (Wildman–Crippen LogP) is 6.09. The van der Waals surface area contributed by atoms with E-state index < -0.39 is 0 Å². The van der Waals surface area contributed by atoms with Crippen molar-refractivity contribution in [1.29, 1.82) is 0 Å². The minimum Gasteiger partial charge on any atom is -0.0843 e. The minimum absolute atomic E-state index is 0.273. The van der Waals surface area contributed by atoms with Crippen LogP contribution in [0.15, 0.2) is 46.9 Å². The predicted molar refractivity (Wildman–Crippen MR) is 85.7 cm³/mol. The monoisotopic (exact) mass is 386 g/mol. The molecule has 2 aromatic carbocycles. The van der Waals surface area contributed by atoms with Crippen LogP contribution in [0.5, 0.6) is 0 Å². The standard InChI is InChI=1S/C15H13Br2Cl/c1-10-2-4-11(5-3-10)6-15(17)12-7-13(16)9-14(18)8-12/h2-5,7-9,15H,6H2,1H3. The minimum atomic E-state index is 0.273. The molecule has 1 unspecified atom stereocenters. The van der Waals surface area contributed by atoms with E-state index in [1.54, 1.807) is 0 Å². The van der Waals surface area contributed by atoms with E-state index >= 15 is 0 Å². The molecule has 0 radical (unpaired) electrons. The molecule has 0 aliphatic heterocycles. The molecule has 0 bridgehead atoms. The first-order chi connectivity index (χ1) is 8.54. The van der Waals surface area contributed by atoms with Crippen LogP contribution in [-0.2, 0) is 6.42 Å². The van der Waals surface area contributed by atoms with Crippen molar-refractivity contribution in [3.05, 3.63) is 68.7 Å². The lowest BCUT2D eigenvalue weighted by atomic mass is 10.0. The second-order valence-electron chi connectivity index (χ2n) is 4.36. The first-order valence-electron chi connectivity index (χ1n) is 5.70. The molecule has 2 aromatic rings. The van der Waals surface area contributed by atoms with Crippen molar-refractivity contribution in [3.63, 3.8) is 0 Å². The Morgan fingerprint density at radius 2 is 1.78 bits per heavy atom. The average molecular weight is 389 g/mol. The summed E-state index contributed by atoms with van der Waals surface area (Å²) in [5, 5.41) is 0.757. The van der Waals surface area contributed by atoms with Gasteiger partial charge in [0.2, 0.25) is 0 Å². The third kappa shape index (κ3) is 3.84. The maximum atomic E-state index is 6.07. The summed E-state index contributed by atoms with van der Waals surface area (Å²) in [5.74, 6) is 0. The van der Waals surface area contributed by atoms with E-state index in [-0.39, 0.29) is 4.83 Å². The number of alkyl halides is 1. The largest absolute Gasteiger partial charge is 0.0843 e. The van der Waals surface area contributed by atoms with Crippen LogP contribution in [0.2, 0.25) is 5.02 Å². The highest BCUT2D eigenvalue weighted by Gasteiger charge is 2.10. The molecule has 3 heteroatoms. The lowest BCUT2D eigenvalue weighted by Crippen LogP contribution is -1.95. The van der Waals surface area contributed by atoms with Crippen molar-refractivity contribution >= 4 is 43.5 Å². The van der Waals surface area contributed by atoms with Gasteiger partial charge in [0.1, 0.15) is 0 Å². The zero-order valence-electron chi connectivity index (χ0n) is 9.96. The van der Waals surface area contributed by atoms with Crippen molar-refractivity contribution in [1.82, 2.24) is 0 Å². The van der Waals surface area contributed by atoms with Gasteiger partial charge < -0.3 is 0 Å². The van der Waals surface area contributed by atoms with E-state index in [2.05, 4.69) is 69.1 Å². The molecule has 0 aromatic heterocycles. The summed E-state index contributed by atoms with van der Waals surface area (Å²) in [7, 11) is 0. The van der Waals surface area contributed by atoms with Gasteiger partial charge in [-0.1, -0.05) is 73.3 Å². The molecule has 2 rings (SSSR count). The fourth-order valence-corrected chi connectivity index (χ4v) is 3.33. The van der Waals surface area contributed by atoms with Crippen LogP contribution in [0.1, 0.15) is 21.5 Å². The molecule has 0 aliphatic rings. The average Bonchev–Trinajstić information content (AvgIpc) is 2.31. The molecule has 0 fully saturated rings. The topological polar surface area (TPSA) is 0 Å². The Hall–Kier alpha value is -0.310. The molecule has 1 atom stereocenters. The normalized spacial score (nSPS) is 12.4. The Morgan fingerprint density at radius 1 is 1.11 bits per heavy atom. The van der Waals surface area contributed by atoms with Gasteiger partial charge in [-0.3, -0.25) is 0 Å². The Bertz CT molecular complexity index is 514. The van der Waals surface area contributed by atoms with Gasteiger partial charge in [0.15, 0.2) is 0 Å². The smallest absolute Gasteiger partial charge is 0.0436 e. The summed E-state index contributed by atoms with van der Waals surface area (Å²) >= 11 is 13.3. The third-order valence-electron chi connectivity index (χ3n) is 2.78. The van der Waals surface area contributed by atoms with Crippen LogP contribution in [0.4, 0.5) is 0 Å². The summed E-state index contributed by atoms with van der Waals surface area (Å²) in [6.45, 7) is 2.10. The summed E-state index contributed by atoms with van der Waals surface area (Å²) in [6, 6.07) is 14.6. The SMILES string of the molecule is Cc1ccc(CC(Br)c2cc(Cl)cc(Br)c2)cc1. The number of aryl methyl sites for hydroxylation is 1. The summed E-state index contributed by atoms with van der Waals surface area (Å²) < 4.78 is 1.01. The number of benzene rings is 2. The molecule has 0 saturated heterocycles. The molecule has 0 amide bonds. The van der Waals surface area contributed by atoms with E-state index in [0.29, 0.717) is 0 Å². The molecule has 0 nitrogen and oxygen atoms in total. The van der Waals surface area contributed by atoms with Gasteiger partial charge in [-0.2, -0.15) is 0 Å². The zero-order chi connectivity index (χ0) is 13.1. The van der Waals surface area contributed by atoms with Crippen molar-refractivity contribution < 1.29 is 0 Å². The highest BCUT2D eigenvalue weighted by molar-refractivity contribution is 9.10. The maximum absolute atomic E-state index is 6.07. The van der Waals surface area contributed by atoms with Gasteiger partial charge in [-0.25, -0.2) is 0 Å². The first kappa shape index (κ1) is 14.1. The van der Waals surface area contributed by atoms with Crippen LogP contribution in [0.3, 0.4) is 0 Å². The summed E-state index contributed by atoms with van der Waals surface area (Å²) in [5.41, 5.74) is 3.80.